The second-order valence-corrected chi connectivity index (χ2v) is 6.60. The molecule has 28 heavy (non-hydrogen) atoms. The van der Waals surface area contributed by atoms with Crippen molar-refractivity contribution in [3.05, 3.63) is 102 Å². The highest BCUT2D eigenvalue weighted by atomic mass is 16.5. The number of pyridine rings is 2. The molecule has 4 aromatic rings. The summed E-state index contributed by atoms with van der Waals surface area (Å²) in [6.07, 6.45) is 5.14. The number of carbonyl (C=O) groups is 1. The van der Waals surface area contributed by atoms with Crippen molar-refractivity contribution in [1.82, 2.24) is 9.97 Å². The van der Waals surface area contributed by atoms with E-state index >= 15 is 0 Å². The topological polar surface area (TPSA) is 52.1 Å². The van der Waals surface area contributed by atoms with Crippen LogP contribution in [0.15, 0.2) is 84.9 Å². The van der Waals surface area contributed by atoms with Gasteiger partial charge in [0.15, 0.2) is 5.76 Å². The van der Waals surface area contributed by atoms with Crippen LogP contribution < -0.4 is 0 Å². The quantitative estimate of drug-likeness (QED) is 0.467. The van der Waals surface area contributed by atoms with Gasteiger partial charge in [-0.25, -0.2) is 4.98 Å². The first kappa shape index (κ1) is 16.4. The van der Waals surface area contributed by atoms with Crippen LogP contribution in [0.25, 0.3) is 28.1 Å². The molecular formula is C24H16N2O2. The number of benzene rings is 2. The number of aromatic nitrogens is 2. The van der Waals surface area contributed by atoms with Gasteiger partial charge in [-0.15, -0.1) is 0 Å². The summed E-state index contributed by atoms with van der Waals surface area (Å²) in [4.78, 5) is 22.2. The molecule has 5 rings (SSSR count). The Balaban J connectivity index is 1.76. The van der Waals surface area contributed by atoms with Crippen molar-refractivity contribution in [2.45, 2.75) is 6.61 Å². The zero-order chi connectivity index (χ0) is 18.9. The lowest BCUT2D eigenvalue weighted by atomic mass is 9.90. The van der Waals surface area contributed by atoms with E-state index in [1.807, 2.05) is 66.7 Å². The molecule has 2 aromatic heterocycles. The molecule has 0 fully saturated rings. The molecule has 4 heteroatoms. The number of carbonyl (C=O) groups excluding carboxylic acids is 1. The third-order valence-electron chi connectivity index (χ3n) is 4.83. The maximum Gasteiger partial charge on any atom is 0.230 e. The van der Waals surface area contributed by atoms with Gasteiger partial charge in [0, 0.05) is 23.3 Å². The Kier molecular flexibility index (Phi) is 3.95. The summed E-state index contributed by atoms with van der Waals surface area (Å²) in [6.45, 7) is 0.262. The lowest BCUT2D eigenvalue weighted by molar-refractivity contribution is 0.0867. The summed E-state index contributed by atoms with van der Waals surface area (Å²) < 4.78 is 5.78. The normalized spacial score (nSPS) is 14.7. The second-order valence-electron chi connectivity index (χ2n) is 6.60. The average Bonchev–Trinajstić information content (AvgIpc) is 2.76. The van der Waals surface area contributed by atoms with Crippen molar-refractivity contribution in [2.75, 3.05) is 0 Å². The van der Waals surface area contributed by atoms with Gasteiger partial charge in [0.05, 0.1) is 16.8 Å². The van der Waals surface area contributed by atoms with Gasteiger partial charge in [-0.05, 0) is 29.3 Å². The summed E-state index contributed by atoms with van der Waals surface area (Å²) in [7, 11) is 0. The van der Waals surface area contributed by atoms with Crippen LogP contribution in [0.4, 0.5) is 0 Å². The molecule has 0 atom stereocenters. The number of ketones is 1. The van der Waals surface area contributed by atoms with E-state index in [0.717, 1.165) is 27.6 Å². The third kappa shape index (κ3) is 2.76. The third-order valence-corrected chi connectivity index (χ3v) is 4.83. The Morgan fingerprint density at radius 2 is 1.71 bits per heavy atom. The Morgan fingerprint density at radius 3 is 2.54 bits per heavy atom. The van der Waals surface area contributed by atoms with Crippen LogP contribution in [-0.2, 0) is 11.3 Å². The van der Waals surface area contributed by atoms with E-state index in [1.54, 1.807) is 18.5 Å². The molecule has 3 heterocycles. The molecule has 4 nitrogen and oxygen atoms in total. The molecular weight excluding hydrogens is 348 g/mol. The maximum absolute atomic E-state index is 13.4. The summed E-state index contributed by atoms with van der Waals surface area (Å²) >= 11 is 0. The number of Topliss-reactive ketones (excluding diaryl/α,β-unsaturated/α-hetero) is 1. The van der Waals surface area contributed by atoms with E-state index in [1.165, 1.54) is 0 Å². The molecule has 1 aliphatic heterocycles. The lowest BCUT2D eigenvalue weighted by Gasteiger charge is -2.22. The molecule has 0 N–H and O–H groups in total. The van der Waals surface area contributed by atoms with Crippen molar-refractivity contribution in [2.24, 2.45) is 0 Å². The van der Waals surface area contributed by atoms with E-state index < -0.39 is 0 Å². The number of para-hydroxylation sites is 1. The molecule has 0 radical (unpaired) electrons. The molecule has 0 saturated heterocycles. The predicted molar refractivity (Wildman–Crippen MR) is 109 cm³/mol. The predicted octanol–water partition coefficient (Wildman–Crippen LogP) is 5.05. The number of rotatable bonds is 2. The number of hydrogen-bond acceptors (Lipinski definition) is 4. The van der Waals surface area contributed by atoms with Crippen LogP contribution >= 0.6 is 0 Å². The van der Waals surface area contributed by atoms with Crippen molar-refractivity contribution >= 4 is 22.8 Å². The van der Waals surface area contributed by atoms with Gasteiger partial charge in [0.2, 0.25) is 5.78 Å². The van der Waals surface area contributed by atoms with Gasteiger partial charge in [-0.3, -0.25) is 9.78 Å². The Labute approximate surface area is 162 Å². The van der Waals surface area contributed by atoms with Crippen molar-refractivity contribution in [3.8, 4) is 11.1 Å². The molecule has 0 spiro atoms. The van der Waals surface area contributed by atoms with E-state index in [0.29, 0.717) is 17.0 Å². The molecule has 0 bridgehead atoms. The largest absolute Gasteiger partial charge is 0.483 e. The van der Waals surface area contributed by atoms with Crippen LogP contribution in [-0.4, -0.2) is 15.8 Å². The fraction of sp³-hybridized carbons (Fsp3) is 0.0417. The van der Waals surface area contributed by atoms with Crippen LogP contribution in [0.3, 0.4) is 0 Å². The minimum Gasteiger partial charge on any atom is -0.483 e. The summed E-state index contributed by atoms with van der Waals surface area (Å²) in [5.41, 5.74) is 4.87. The number of fused-ring (bicyclic) bond motifs is 2. The van der Waals surface area contributed by atoms with Gasteiger partial charge >= 0.3 is 0 Å². The zero-order valence-corrected chi connectivity index (χ0v) is 15.0. The first-order chi connectivity index (χ1) is 13.8. The number of ether oxygens (including phenoxy) is 1. The van der Waals surface area contributed by atoms with Crippen LogP contribution in [0.2, 0.25) is 0 Å². The minimum absolute atomic E-state index is 0.151. The molecule has 0 unspecified atom stereocenters. The molecule has 1 aliphatic rings. The first-order valence-corrected chi connectivity index (χ1v) is 9.07. The van der Waals surface area contributed by atoms with Crippen molar-refractivity contribution < 1.29 is 9.53 Å². The SMILES string of the molecule is O=C1/C(=C/c2cccnc2)OCc2nc3ccccc3c(-c3ccccc3)c21. The standard InChI is InChI=1S/C24H16N2O2/c27-24-21(13-16-7-6-12-25-14-16)28-15-20-23(24)22(17-8-2-1-3-9-17)18-10-4-5-11-19(18)26-20/h1-14H,15H2/b21-13-. The fourth-order valence-corrected chi connectivity index (χ4v) is 3.57. The Morgan fingerprint density at radius 1 is 0.893 bits per heavy atom. The number of hydrogen-bond donors (Lipinski definition) is 0. The molecule has 134 valence electrons. The molecule has 0 aliphatic carbocycles. The molecule has 2 aromatic carbocycles. The molecule has 0 amide bonds. The maximum atomic E-state index is 13.4. The first-order valence-electron chi connectivity index (χ1n) is 9.07. The highest BCUT2D eigenvalue weighted by Crippen LogP contribution is 2.37. The van der Waals surface area contributed by atoms with Crippen LogP contribution in [0, 0.1) is 0 Å². The second kappa shape index (κ2) is 6.74. The Hall–Kier alpha value is -3.79. The highest BCUT2D eigenvalue weighted by molar-refractivity contribution is 6.18. The van der Waals surface area contributed by atoms with E-state index in [-0.39, 0.29) is 12.4 Å². The lowest BCUT2D eigenvalue weighted by Crippen LogP contribution is -2.19. The van der Waals surface area contributed by atoms with Crippen molar-refractivity contribution in [1.29, 1.82) is 0 Å². The van der Waals surface area contributed by atoms with E-state index in [9.17, 15) is 4.79 Å². The van der Waals surface area contributed by atoms with E-state index in [2.05, 4.69) is 4.98 Å². The smallest absolute Gasteiger partial charge is 0.230 e. The number of nitrogens with zero attached hydrogens (tertiary/aromatic N) is 2. The van der Waals surface area contributed by atoms with Gasteiger partial charge in [0.25, 0.3) is 0 Å². The molecule has 0 saturated carbocycles. The fourth-order valence-electron chi connectivity index (χ4n) is 3.57. The highest BCUT2D eigenvalue weighted by Gasteiger charge is 2.29. The zero-order valence-electron chi connectivity index (χ0n) is 15.0. The van der Waals surface area contributed by atoms with Gasteiger partial charge in [0.1, 0.15) is 6.61 Å². The van der Waals surface area contributed by atoms with Gasteiger partial charge in [-0.1, -0.05) is 54.6 Å². The number of allylic oxidation sites excluding steroid dienone is 1. The Bertz CT molecular complexity index is 1220. The van der Waals surface area contributed by atoms with Gasteiger partial charge in [-0.2, -0.15) is 0 Å². The van der Waals surface area contributed by atoms with Crippen molar-refractivity contribution in [3.63, 3.8) is 0 Å². The minimum atomic E-state index is -0.151. The summed E-state index contributed by atoms with van der Waals surface area (Å²) in [5, 5.41) is 0.962. The van der Waals surface area contributed by atoms with Crippen LogP contribution in [0.5, 0.6) is 0 Å². The summed E-state index contributed by atoms with van der Waals surface area (Å²) in [6, 6.07) is 21.6. The monoisotopic (exact) mass is 364 g/mol. The van der Waals surface area contributed by atoms with Crippen LogP contribution in [0.1, 0.15) is 21.6 Å². The van der Waals surface area contributed by atoms with Gasteiger partial charge < -0.3 is 4.74 Å². The summed E-state index contributed by atoms with van der Waals surface area (Å²) in [5.74, 6) is 0.164. The van der Waals surface area contributed by atoms with E-state index in [4.69, 9.17) is 9.72 Å². The average molecular weight is 364 g/mol.